The molecule has 0 bridgehead atoms. The van der Waals surface area contributed by atoms with Crippen LogP contribution in [0.1, 0.15) is 44.9 Å². The molecule has 1 aliphatic rings. The van der Waals surface area contributed by atoms with Gasteiger partial charge in [-0.1, -0.05) is 32.1 Å². The first-order valence-corrected chi connectivity index (χ1v) is 7.31. The molecule has 0 aromatic heterocycles. The Hall–Kier alpha value is -0.160. The molecule has 1 aliphatic carbocycles. The summed E-state index contributed by atoms with van der Waals surface area (Å²) in [5.41, 5.74) is 0. The third-order valence-electron chi connectivity index (χ3n) is 3.49. The Bertz CT molecular complexity index is 182. The van der Waals surface area contributed by atoms with Crippen molar-refractivity contribution < 1.29 is 14.6 Å². The molecule has 0 aliphatic heterocycles. The zero-order valence-electron chi connectivity index (χ0n) is 11.7. The monoisotopic (exact) mass is 259 g/mol. The smallest absolute Gasteiger partial charge is 0.0897 e. The van der Waals surface area contributed by atoms with E-state index >= 15 is 0 Å². The number of nitrogens with one attached hydrogen (secondary N) is 1. The molecule has 108 valence electrons. The van der Waals surface area contributed by atoms with E-state index in [1.54, 1.807) is 7.11 Å². The van der Waals surface area contributed by atoms with E-state index < -0.39 is 6.10 Å². The summed E-state index contributed by atoms with van der Waals surface area (Å²) < 4.78 is 10.2. The molecule has 0 radical (unpaired) electrons. The summed E-state index contributed by atoms with van der Waals surface area (Å²) in [4.78, 5) is 0. The van der Waals surface area contributed by atoms with Crippen molar-refractivity contribution in [1.82, 2.24) is 5.32 Å². The minimum absolute atomic E-state index is 0.392. The molecule has 0 spiro atoms. The highest BCUT2D eigenvalue weighted by atomic mass is 16.5. The second-order valence-corrected chi connectivity index (χ2v) is 5.17. The number of rotatable bonds is 8. The summed E-state index contributed by atoms with van der Waals surface area (Å²) >= 11 is 0. The van der Waals surface area contributed by atoms with Crippen molar-refractivity contribution in [2.24, 2.45) is 0 Å². The minimum atomic E-state index is -0.410. The van der Waals surface area contributed by atoms with Crippen LogP contribution in [0.4, 0.5) is 0 Å². The van der Waals surface area contributed by atoms with Crippen LogP contribution in [0.3, 0.4) is 0 Å². The Kier molecular flexibility index (Phi) is 9.48. The van der Waals surface area contributed by atoms with E-state index in [0.29, 0.717) is 32.4 Å². The zero-order valence-corrected chi connectivity index (χ0v) is 11.7. The number of methoxy groups -OCH3 is 1. The highest BCUT2D eigenvalue weighted by Crippen LogP contribution is 2.16. The van der Waals surface area contributed by atoms with E-state index in [4.69, 9.17) is 9.47 Å². The maximum absolute atomic E-state index is 9.78. The highest BCUT2D eigenvalue weighted by molar-refractivity contribution is 4.71. The first kappa shape index (κ1) is 15.9. The van der Waals surface area contributed by atoms with Crippen molar-refractivity contribution in [2.75, 3.05) is 33.5 Å². The second kappa shape index (κ2) is 10.7. The van der Waals surface area contributed by atoms with Gasteiger partial charge in [0.25, 0.3) is 0 Å². The van der Waals surface area contributed by atoms with Gasteiger partial charge in [-0.05, 0) is 12.8 Å². The molecule has 2 N–H and O–H groups in total. The van der Waals surface area contributed by atoms with E-state index in [9.17, 15) is 5.11 Å². The summed E-state index contributed by atoms with van der Waals surface area (Å²) in [7, 11) is 1.65. The van der Waals surface area contributed by atoms with Crippen molar-refractivity contribution >= 4 is 0 Å². The van der Waals surface area contributed by atoms with Crippen LogP contribution in [-0.4, -0.2) is 50.7 Å². The third kappa shape index (κ3) is 8.03. The van der Waals surface area contributed by atoms with Gasteiger partial charge in [0.1, 0.15) is 0 Å². The lowest BCUT2D eigenvalue weighted by Gasteiger charge is -2.22. The zero-order chi connectivity index (χ0) is 13.1. The maximum atomic E-state index is 9.78. The molecule has 4 heteroatoms. The standard InChI is InChI=1S/C14H29NO3/c1-17-9-10-18-12-14(16)11-15-13-7-5-3-2-4-6-8-13/h13-16H,2-12H2,1H3. The maximum Gasteiger partial charge on any atom is 0.0897 e. The van der Waals surface area contributed by atoms with Crippen molar-refractivity contribution in [3.05, 3.63) is 0 Å². The fourth-order valence-electron chi connectivity index (χ4n) is 2.38. The van der Waals surface area contributed by atoms with Crippen molar-refractivity contribution in [3.8, 4) is 0 Å². The van der Waals surface area contributed by atoms with E-state index in [2.05, 4.69) is 5.32 Å². The molecule has 1 unspecified atom stereocenters. The van der Waals surface area contributed by atoms with Crippen molar-refractivity contribution in [1.29, 1.82) is 0 Å². The summed E-state index contributed by atoms with van der Waals surface area (Å²) in [5.74, 6) is 0. The molecule has 1 rings (SSSR count). The van der Waals surface area contributed by atoms with Gasteiger partial charge in [-0.15, -0.1) is 0 Å². The van der Waals surface area contributed by atoms with Crippen molar-refractivity contribution in [2.45, 2.75) is 57.1 Å². The average Bonchev–Trinajstić information content (AvgIpc) is 2.33. The van der Waals surface area contributed by atoms with E-state index in [1.807, 2.05) is 0 Å². The predicted octanol–water partition coefficient (Wildman–Crippen LogP) is 1.71. The third-order valence-corrected chi connectivity index (χ3v) is 3.49. The van der Waals surface area contributed by atoms with Crippen LogP contribution in [0.2, 0.25) is 0 Å². The Balaban J connectivity index is 2.02. The van der Waals surface area contributed by atoms with Gasteiger partial charge in [-0.2, -0.15) is 0 Å². The normalized spacial score (nSPS) is 20.3. The number of aliphatic hydroxyl groups is 1. The summed E-state index contributed by atoms with van der Waals surface area (Å²) in [6, 6.07) is 0.582. The van der Waals surface area contributed by atoms with Crippen LogP contribution in [0.15, 0.2) is 0 Å². The Labute approximate surface area is 111 Å². The Morgan fingerprint density at radius 1 is 1.11 bits per heavy atom. The number of aliphatic hydroxyl groups excluding tert-OH is 1. The predicted molar refractivity (Wildman–Crippen MR) is 72.8 cm³/mol. The lowest BCUT2D eigenvalue weighted by atomic mass is 9.97. The van der Waals surface area contributed by atoms with Crippen LogP contribution >= 0.6 is 0 Å². The first-order chi connectivity index (χ1) is 8.83. The fourth-order valence-corrected chi connectivity index (χ4v) is 2.38. The van der Waals surface area contributed by atoms with Gasteiger partial charge in [-0.3, -0.25) is 0 Å². The van der Waals surface area contributed by atoms with Gasteiger partial charge >= 0.3 is 0 Å². The molecule has 4 nitrogen and oxygen atoms in total. The Morgan fingerprint density at radius 3 is 2.44 bits per heavy atom. The lowest BCUT2D eigenvalue weighted by molar-refractivity contribution is 0.0126. The number of ether oxygens (including phenoxy) is 2. The van der Waals surface area contributed by atoms with Gasteiger partial charge in [0.05, 0.1) is 25.9 Å². The van der Waals surface area contributed by atoms with Gasteiger partial charge in [0.15, 0.2) is 0 Å². The largest absolute Gasteiger partial charge is 0.389 e. The lowest BCUT2D eigenvalue weighted by Crippen LogP contribution is -2.38. The molecular formula is C14H29NO3. The minimum Gasteiger partial charge on any atom is -0.389 e. The Morgan fingerprint density at radius 2 is 1.78 bits per heavy atom. The van der Waals surface area contributed by atoms with Crippen LogP contribution in [0.25, 0.3) is 0 Å². The van der Waals surface area contributed by atoms with E-state index in [-0.39, 0.29) is 0 Å². The van der Waals surface area contributed by atoms with Gasteiger partial charge in [0, 0.05) is 19.7 Å². The molecule has 18 heavy (non-hydrogen) atoms. The van der Waals surface area contributed by atoms with Gasteiger partial charge < -0.3 is 19.9 Å². The average molecular weight is 259 g/mol. The quantitative estimate of drug-likeness (QED) is 0.652. The summed E-state index contributed by atoms with van der Waals surface area (Å²) in [5, 5.41) is 13.2. The molecule has 1 atom stereocenters. The highest BCUT2D eigenvalue weighted by Gasteiger charge is 2.12. The van der Waals surface area contributed by atoms with Gasteiger partial charge in [0.2, 0.25) is 0 Å². The van der Waals surface area contributed by atoms with Crippen LogP contribution in [-0.2, 0) is 9.47 Å². The molecule has 0 aromatic rings. The number of hydrogen-bond acceptors (Lipinski definition) is 4. The van der Waals surface area contributed by atoms with Crippen LogP contribution in [0.5, 0.6) is 0 Å². The molecule has 0 aromatic carbocycles. The van der Waals surface area contributed by atoms with E-state index in [1.165, 1.54) is 44.9 Å². The topological polar surface area (TPSA) is 50.7 Å². The van der Waals surface area contributed by atoms with Gasteiger partial charge in [-0.25, -0.2) is 0 Å². The molecule has 0 amide bonds. The first-order valence-electron chi connectivity index (χ1n) is 7.31. The molecule has 0 heterocycles. The fraction of sp³-hybridized carbons (Fsp3) is 1.00. The summed E-state index contributed by atoms with van der Waals surface area (Å²) in [6.07, 6.45) is 8.84. The molecule has 0 saturated heterocycles. The second-order valence-electron chi connectivity index (χ2n) is 5.17. The van der Waals surface area contributed by atoms with Crippen molar-refractivity contribution in [3.63, 3.8) is 0 Å². The molecular weight excluding hydrogens is 230 g/mol. The van der Waals surface area contributed by atoms with Crippen LogP contribution < -0.4 is 5.32 Å². The number of hydrogen-bond donors (Lipinski definition) is 2. The molecule has 1 saturated carbocycles. The summed E-state index contributed by atoms with van der Waals surface area (Å²) in [6.45, 7) is 2.17. The SMILES string of the molecule is COCCOCC(O)CNC1CCCCCCC1. The van der Waals surface area contributed by atoms with E-state index in [0.717, 1.165) is 0 Å². The molecule has 1 fully saturated rings. The van der Waals surface area contributed by atoms with Crippen LogP contribution in [0, 0.1) is 0 Å².